The fraction of sp³-hybridized carbons (Fsp3) is 0.385. The molecule has 0 N–H and O–H groups in total. The predicted molar refractivity (Wildman–Crippen MR) is 131 cm³/mol. The number of rotatable bonds is 8. The van der Waals surface area contributed by atoms with Gasteiger partial charge in [0.2, 0.25) is 0 Å². The van der Waals surface area contributed by atoms with E-state index in [9.17, 15) is 14.4 Å². The molecule has 1 heterocycles. The third-order valence-electron chi connectivity index (χ3n) is 6.20. The van der Waals surface area contributed by atoms with E-state index in [-0.39, 0.29) is 57.6 Å². The molecule has 1 aliphatic rings. The molecule has 10 heteroatoms. The predicted octanol–water partition coefficient (Wildman–Crippen LogP) is 4.00. The van der Waals surface area contributed by atoms with Crippen LogP contribution in [-0.2, 0) is 9.53 Å². The maximum Gasteiger partial charge on any atom is 0.345 e. The highest BCUT2D eigenvalue weighted by Gasteiger charge is 2.40. The summed E-state index contributed by atoms with van der Waals surface area (Å²) in [6.45, 7) is 3.46. The van der Waals surface area contributed by atoms with E-state index in [4.69, 9.17) is 35.8 Å². The highest BCUT2D eigenvalue weighted by Crippen LogP contribution is 2.48. The third kappa shape index (κ3) is 5.45. The number of ketones is 1. The van der Waals surface area contributed by atoms with Crippen molar-refractivity contribution < 1.29 is 33.3 Å². The molecule has 1 aliphatic heterocycles. The van der Waals surface area contributed by atoms with Gasteiger partial charge in [-0.05, 0) is 45.1 Å². The van der Waals surface area contributed by atoms with Crippen LogP contribution in [0.25, 0.3) is 0 Å². The van der Waals surface area contributed by atoms with Gasteiger partial charge in [0, 0.05) is 24.5 Å². The number of hydrogen-bond donors (Lipinski definition) is 0. The fourth-order valence-corrected chi connectivity index (χ4v) is 4.69. The van der Waals surface area contributed by atoms with Crippen LogP contribution in [0.5, 0.6) is 17.2 Å². The number of benzene rings is 2. The van der Waals surface area contributed by atoms with E-state index in [2.05, 4.69) is 0 Å². The minimum absolute atomic E-state index is 0.00255. The number of Topliss-reactive ketones (excluding diaryl/α,β-unsaturated/α-hetero) is 1. The minimum atomic E-state index is -0.813. The van der Waals surface area contributed by atoms with Crippen LogP contribution in [0.1, 0.15) is 58.0 Å². The molecule has 1 fully saturated rings. The van der Waals surface area contributed by atoms with Crippen LogP contribution in [0, 0.1) is 11.3 Å². The number of halogens is 1. The Hall–Kier alpha value is -3.61. The van der Waals surface area contributed by atoms with E-state index >= 15 is 0 Å². The zero-order valence-corrected chi connectivity index (χ0v) is 21.5. The molecule has 2 aromatic rings. The van der Waals surface area contributed by atoms with Gasteiger partial charge in [-0.1, -0.05) is 11.6 Å². The van der Waals surface area contributed by atoms with Gasteiger partial charge >= 0.3 is 11.9 Å². The third-order valence-corrected chi connectivity index (χ3v) is 6.51. The molecule has 190 valence electrons. The fourth-order valence-electron chi connectivity index (χ4n) is 4.44. The van der Waals surface area contributed by atoms with Crippen LogP contribution in [0.3, 0.4) is 0 Å². The molecule has 9 nitrogen and oxygen atoms in total. The summed E-state index contributed by atoms with van der Waals surface area (Å²) in [4.78, 5) is 39.6. The summed E-state index contributed by atoms with van der Waals surface area (Å²) < 4.78 is 22.3. The smallest absolute Gasteiger partial charge is 0.345 e. The summed E-state index contributed by atoms with van der Waals surface area (Å²) in [5.41, 5.74) is 0.875. The molecule has 0 radical (unpaired) electrons. The molecule has 2 aromatic carbocycles. The van der Waals surface area contributed by atoms with Crippen molar-refractivity contribution in [2.45, 2.75) is 32.2 Å². The molecule has 0 spiro atoms. The Kier molecular flexibility index (Phi) is 8.56. The topological polar surface area (TPSA) is 115 Å². The van der Waals surface area contributed by atoms with E-state index in [0.717, 1.165) is 0 Å². The average molecular weight is 515 g/mol. The molecule has 36 heavy (non-hydrogen) atoms. The lowest BCUT2D eigenvalue weighted by molar-refractivity contribution is -0.142. The summed E-state index contributed by atoms with van der Waals surface area (Å²) >= 11 is 6.25. The maximum atomic E-state index is 13.3. The summed E-state index contributed by atoms with van der Waals surface area (Å²) in [6.07, 6.45) is 0.630. The summed E-state index contributed by atoms with van der Waals surface area (Å²) in [5, 5.41) is 9.13. The first kappa shape index (κ1) is 27.0. The van der Waals surface area contributed by atoms with Gasteiger partial charge in [0.25, 0.3) is 0 Å². The summed E-state index contributed by atoms with van der Waals surface area (Å²) in [5.74, 6) is -1.37. The normalized spacial score (nSPS) is 17.2. The number of ether oxygens (including phenoxy) is 4. The molecule has 0 aliphatic carbocycles. The van der Waals surface area contributed by atoms with E-state index in [1.54, 1.807) is 6.07 Å². The Morgan fingerprint density at radius 3 is 2.39 bits per heavy atom. The Bertz CT molecular complexity index is 1240. The quantitative estimate of drug-likeness (QED) is 0.293. The number of carbonyl (C=O) groups is 3. The van der Waals surface area contributed by atoms with Crippen molar-refractivity contribution in [1.29, 1.82) is 5.26 Å². The van der Waals surface area contributed by atoms with Crippen LogP contribution < -0.4 is 14.2 Å². The summed E-state index contributed by atoms with van der Waals surface area (Å²) in [6, 6.07) is 7.48. The highest BCUT2D eigenvalue weighted by molar-refractivity contribution is 6.33. The van der Waals surface area contributed by atoms with Gasteiger partial charge in [0.1, 0.15) is 23.7 Å². The van der Waals surface area contributed by atoms with E-state index in [0.29, 0.717) is 24.3 Å². The van der Waals surface area contributed by atoms with Crippen LogP contribution in [-0.4, -0.2) is 63.1 Å². The summed E-state index contributed by atoms with van der Waals surface area (Å²) in [7, 11) is 4.77. The van der Waals surface area contributed by atoms with Crippen molar-refractivity contribution in [2.24, 2.45) is 0 Å². The Morgan fingerprint density at radius 2 is 1.83 bits per heavy atom. The van der Waals surface area contributed by atoms with Crippen molar-refractivity contribution in [3.05, 3.63) is 51.5 Å². The zero-order chi connectivity index (χ0) is 26.6. The molecular formula is C26H27ClN2O7. The van der Waals surface area contributed by atoms with E-state index in [1.807, 2.05) is 18.0 Å². The lowest BCUT2D eigenvalue weighted by Gasteiger charge is -2.28. The highest BCUT2D eigenvalue weighted by atomic mass is 35.5. The molecule has 0 amide bonds. The first-order valence-electron chi connectivity index (χ1n) is 11.2. The lowest BCUT2D eigenvalue weighted by Crippen LogP contribution is -2.34. The van der Waals surface area contributed by atoms with Crippen molar-refractivity contribution in [3.63, 3.8) is 0 Å². The number of esters is 2. The lowest BCUT2D eigenvalue weighted by atomic mass is 9.87. The Morgan fingerprint density at radius 1 is 1.14 bits per heavy atom. The second-order valence-electron chi connectivity index (χ2n) is 8.40. The number of carbonyl (C=O) groups excluding carboxylic acids is 3. The molecule has 0 unspecified atom stereocenters. The SMILES string of the molecule is COc1cc(OC)c([C@@H]2CCN(C)[C@H]2COC(C)=O)c(OC(=O)c2ccc(C#N)cc2Cl)c1C(C)=O. The molecule has 2 atom stereocenters. The molecule has 0 bridgehead atoms. The number of methoxy groups -OCH3 is 2. The van der Waals surface area contributed by atoms with Crippen LogP contribution >= 0.6 is 11.6 Å². The van der Waals surface area contributed by atoms with Gasteiger partial charge in [-0.3, -0.25) is 14.5 Å². The van der Waals surface area contributed by atoms with Crippen molar-refractivity contribution >= 4 is 29.3 Å². The van der Waals surface area contributed by atoms with Gasteiger partial charge in [-0.25, -0.2) is 4.79 Å². The zero-order valence-electron chi connectivity index (χ0n) is 20.7. The van der Waals surface area contributed by atoms with E-state index < -0.39 is 11.9 Å². The number of likely N-dealkylation sites (N-methyl/N-ethyl adjacent to an activating group) is 1. The van der Waals surface area contributed by atoms with Crippen LogP contribution in [0.15, 0.2) is 24.3 Å². The van der Waals surface area contributed by atoms with Crippen molar-refractivity contribution in [3.8, 4) is 23.3 Å². The Balaban J connectivity index is 2.20. The number of nitrogens with zero attached hydrogens (tertiary/aromatic N) is 2. The standard InChI is InChI=1S/C26H27ClN2O7/c1-14(30)23-21(33-4)11-22(34-5)24(18-8-9-29(3)20(18)13-35-15(2)31)25(23)36-26(32)17-7-6-16(12-28)10-19(17)27/h6-7,10-11,18,20H,8-9,13H2,1-5H3/t18-,20+/m1/s1. The maximum absolute atomic E-state index is 13.3. The number of likely N-dealkylation sites (tertiary alicyclic amines) is 1. The largest absolute Gasteiger partial charge is 0.496 e. The monoisotopic (exact) mass is 514 g/mol. The van der Waals surface area contributed by atoms with Gasteiger partial charge in [0.15, 0.2) is 11.5 Å². The average Bonchev–Trinajstić information content (AvgIpc) is 3.20. The second kappa shape index (κ2) is 11.4. The first-order valence-corrected chi connectivity index (χ1v) is 11.6. The van der Waals surface area contributed by atoms with Gasteiger partial charge in [-0.15, -0.1) is 0 Å². The minimum Gasteiger partial charge on any atom is -0.496 e. The van der Waals surface area contributed by atoms with Gasteiger partial charge in [0.05, 0.1) is 42.5 Å². The van der Waals surface area contributed by atoms with Gasteiger partial charge in [-0.2, -0.15) is 5.26 Å². The molecular weight excluding hydrogens is 488 g/mol. The number of nitriles is 1. The number of hydrogen-bond acceptors (Lipinski definition) is 9. The molecule has 3 rings (SSSR count). The molecule has 0 saturated carbocycles. The van der Waals surface area contributed by atoms with Crippen molar-refractivity contribution in [2.75, 3.05) is 34.4 Å². The van der Waals surface area contributed by atoms with Crippen LogP contribution in [0.4, 0.5) is 0 Å². The molecule has 1 saturated heterocycles. The van der Waals surface area contributed by atoms with E-state index in [1.165, 1.54) is 46.3 Å². The molecule has 0 aromatic heterocycles. The van der Waals surface area contributed by atoms with Gasteiger partial charge < -0.3 is 18.9 Å². The Labute approximate surface area is 214 Å². The second-order valence-corrected chi connectivity index (χ2v) is 8.80. The van der Waals surface area contributed by atoms with Crippen molar-refractivity contribution in [1.82, 2.24) is 4.90 Å². The first-order chi connectivity index (χ1) is 17.1. The van der Waals surface area contributed by atoms with Crippen LogP contribution in [0.2, 0.25) is 5.02 Å².